The maximum absolute atomic E-state index is 13.6. The summed E-state index contributed by atoms with van der Waals surface area (Å²) in [6, 6.07) is 11.4. The summed E-state index contributed by atoms with van der Waals surface area (Å²) in [5.74, 6) is 0.113. The predicted molar refractivity (Wildman–Crippen MR) is 184 cm³/mol. The summed E-state index contributed by atoms with van der Waals surface area (Å²) < 4.78 is 3.76. The van der Waals surface area contributed by atoms with Crippen molar-refractivity contribution in [2.45, 2.75) is 58.7 Å². The van der Waals surface area contributed by atoms with Crippen molar-refractivity contribution in [3.05, 3.63) is 81.4 Å². The number of halogens is 1. The SMILES string of the molecule is CCCc1c(NC(=O)c2nc3c(n2C)CCN(C)C3)cccc1-c1cccc(NC(=O)c2nc3c(n2C)CCN(CC(C)O)C3)c1Cl. The molecular weight excluding hydrogens is 616 g/mol. The first-order valence-corrected chi connectivity index (χ1v) is 16.6. The van der Waals surface area contributed by atoms with Crippen LogP contribution in [0.3, 0.4) is 0 Å². The molecule has 0 bridgehead atoms. The monoisotopic (exact) mass is 658 g/mol. The van der Waals surface area contributed by atoms with Gasteiger partial charge in [-0.05, 0) is 43.7 Å². The number of carbonyl (C=O) groups excluding carboxylic acids is 2. The summed E-state index contributed by atoms with van der Waals surface area (Å²) in [6.45, 7) is 7.48. The fourth-order valence-corrected chi connectivity index (χ4v) is 7.12. The molecule has 11 nitrogen and oxygen atoms in total. The van der Waals surface area contributed by atoms with Gasteiger partial charge in [-0.1, -0.05) is 49.2 Å². The van der Waals surface area contributed by atoms with Crippen LogP contribution in [-0.4, -0.2) is 78.6 Å². The molecule has 0 radical (unpaired) electrons. The van der Waals surface area contributed by atoms with E-state index in [0.717, 1.165) is 78.4 Å². The lowest BCUT2D eigenvalue weighted by molar-refractivity contribution is 0.100. The van der Waals surface area contributed by atoms with Crippen molar-refractivity contribution in [3.63, 3.8) is 0 Å². The number of aromatic nitrogens is 4. The van der Waals surface area contributed by atoms with Crippen molar-refractivity contribution < 1.29 is 14.7 Å². The molecule has 3 N–H and O–H groups in total. The second-order valence-electron chi connectivity index (χ2n) is 12.8. The number of imidazole rings is 2. The minimum Gasteiger partial charge on any atom is -0.392 e. The van der Waals surface area contributed by atoms with Gasteiger partial charge in [0.2, 0.25) is 0 Å². The number of likely N-dealkylation sites (N-methyl/N-ethyl adjacent to an activating group) is 1. The highest BCUT2D eigenvalue weighted by Gasteiger charge is 2.27. The van der Waals surface area contributed by atoms with Crippen molar-refractivity contribution in [2.75, 3.05) is 37.3 Å². The molecule has 4 aromatic rings. The Morgan fingerprint density at radius 1 is 0.872 bits per heavy atom. The maximum Gasteiger partial charge on any atom is 0.291 e. The fourth-order valence-electron chi connectivity index (χ4n) is 6.85. The lowest BCUT2D eigenvalue weighted by atomic mass is 9.94. The van der Waals surface area contributed by atoms with Gasteiger partial charge in [0.25, 0.3) is 11.8 Å². The van der Waals surface area contributed by atoms with E-state index in [9.17, 15) is 14.7 Å². The minimum atomic E-state index is -0.430. The summed E-state index contributed by atoms with van der Waals surface area (Å²) in [5.41, 5.74) is 7.72. The normalized spacial score (nSPS) is 15.6. The molecule has 6 rings (SSSR count). The zero-order valence-electron chi connectivity index (χ0n) is 27.7. The third kappa shape index (κ3) is 6.58. The number of anilines is 2. The molecule has 0 saturated carbocycles. The Kier molecular flexibility index (Phi) is 9.52. The van der Waals surface area contributed by atoms with E-state index < -0.39 is 6.10 Å². The van der Waals surface area contributed by atoms with Crippen LogP contribution in [-0.2, 0) is 46.4 Å². The lowest BCUT2D eigenvalue weighted by Crippen LogP contribution is -2.36. The number of aliphatic hydroxyl groups excluding tert-OH is 1. The van der Waals surface area contributed by atoms with E-state index in [-0.39, 0.29) is 11.8 Å². The number of fused-ring (bicyclic) bond motifs is 2. The number of rotatable bonds is 9. The Hall–Kier alpha value is -4.03. The summed E-state index contributed by atoms with van der Waals surface area (Å²) in [4.78, 5) is 40.9. The summed E-state index contributed by atoms with van der Waals surface area (Å²) in [6.07, 6.45) is 2.75. The van der Waals surface area contributed by atoms with Gasteiger partial charge in [-0.15, -0.1) is 0 Å². The van der Waals surface area contributed by atoms with E-state index in [0.29, 0.717) is 47.6 Å². The molecule has 0 fully saturated rings. The molecular formula is C35H43ClN8O3. The standard InChI is InChI=1S/C35H43ClN8O3/c1-6-9-23-22(10-7-12-25(23)39-34(46)32-37-27-19-41(3)16-14-29(27)42(32)4)24-11-8-13-26(31(24)36)40-35(47)33-38-28-20-44(18-21(2)45)17-15-30(28)43(33)5/h7-8,10-13,21,45H,6,9,14-20H2,1-5H3,(H,39,46)(H,40,47). The highest BCUT2D eigenvalue weighted by Crippen LogP contribution is 2.38. The second kappa shape index (κ2) is 13.6. The molecule has 4 heterocycles. The average molecular weight is 659 g/mol. The first kappa shape index (κ1) is 32.9. The lowest BCUT2D eigenvalue weighted by Gasteiger charge is -2.27. The molecule has 2 aliphatic heterocycles. The fraction of sp³-hybridized carbons (Fsp3) is 0.429. The van der Waals surface area contributed by atoms with Gasteiger partial charge in [-0.3, -0.25) is 14.5 Å². The Morgan fingerprint density at radius 3 is 2.09 bits per heavy atom. The van der Waals surface area contributed by atoms with Gasteiger partial charge in [0, 0.05) is 82.3 Å². The van der Waals surface area contributed by atoms with Gasteiger partial charge < -0.3 is 29.8 Å². The van der Waals surface area contributed by atoms with Gasteiger partial charge in [0.1, 0.15) is 0 Å². The Balaban J connectivity index is 1.26. The molecule has 248 valence electrons. The van der Waals surface area contributed by atoms with E-state index in [1.54, 1.807) is 13.0 Å². The van der Waals surface area contributed by atoms with Crippen LogP contribution in [0.4, 0.5) is 11.4 Å². The molecule has 47 heavy (non-hydrogen) atoms. The van der Waals surface area contributed by atoms with Crippen LogP contribution in [0.15, 0.2) is 36.4 Å². The number of nitrogens with zero attached hydrogens (tertiary/aromatic N) is 6. The van der Waals surface area contributed by atoms with E-state index in [1.165, 1.54) is 0 Å². The zero-order valence-corrected chi connectivity index (χ0v) is 28.5. The molecule has 2 amide bonds. The van der Waals surface area contributed by atoms with Crippen molar-refractivity contribution in [2.24, 2.45) is 14.1 Å². The largest absolute Gasteiger partial charge is 0.392 e. The van der Waals surface area contributed by atoms with Crippen LogP contribution >= 0.6 is 11.6 Å². The van der Waals surface area contributed by atoms with Crippen molar-refractivity contribution >= 4 is 34.8 Å². The van der Waals surface area contributed by atoms with Crippen molar-refractivity contribution in [1.29, 1.82) is 0 Å². The third-order valence-electron chi connectivity index (χ3n) is 9.17. The van der Waals surface area contributed by atoms with Gasteiger partial charge in [0.05, 0.1) is 28.2 Å². The molecule has 0 aliphatic carbocycles. The maximum atomic E-state index is 13.6. The first-order chi connectivity index (χ1) is 22.5. The van der Waals surface area contributed by atoms with Crippen molar-refractivity contribution in [1.82, 2.24) is 28.9 Å². The number of amides is 2. The van der Waals surface area contributed by atoms with E-state index in [4.69, 9.17) is 16.6 Å². The van der Waals surface area contributed by atoms with Crippen LogP contribution in [0.5, 0.6) is 0 Å². The van der Waals surface area contributed by atoms with Gasteiger partial charge in [-0.2, -0.15) is 0 Å². The summed E-state index contributed by atoms with van der Waals surface area (Å²) in [5, 5.41) is 16.4. The Labute approximate surface area is 280 Å². The molecule has 2 aliphatic rings. The van der Waals surface area contributed by atoms with Crippen LogP contribution in [0.1, 0.15) is 69.8 Å². The predicted octanol–water partition coefficient (Wildman–Crippen LogP) is 4.66. The molecule has 12 heteroatoms. The van der Waals surface area contributed by atoms with Gasteiger partial charge >= 0.3 is 0 Å². The molecule has 2 aromatic carbocycles. The number of hydrogen-bond acceptors (Lipinski definition) is 7. The molecule has 1 unspecified atom stereocenters. The van der Waals surface area contributed by atoms with Crippen LogP contribution in [0, 0.1) is 0 Å². The first-order valence-electron chi connectivity index (χ1n) is 16.3. The van der Waals surface area contributed by atoms with Gasteiger partial charge in [0.15, 0.2) is 11.6 Å². The van der Waals surface area contributed by atoms with Gasteiger partial charge in [-0.25, -0.2) is 9.97 Å². The smallest absolute Gasteiger partial charge is 0.291 e. The molecule has 0 saturated heterocycles. The number of aliphatic hydroxyl groups is 1. The Morgan fingerprint density at radius 2 is 1.45 bits per heavy atom. The van der Waals surface area contributed by atoms with E-state index in [2.05, 4.69) is 39.4 Å². The highest BCUT2D eigenvalue weighted by atomic mass is 35.5. The number of β-amino-alcohol motifs (C(OH)–C–C–N with tert-alkyl or cyclic N) is 1. The van der Waals surface area contributed by atoms with Crippen LogP contribution < -0.4 is 10.6 Å². The third-order valence-corrected chi connectivity index (χ3v) is 9.58. The van der Waals surface area contributed by atoms with E-state index >= 15 is 0 Å². The summed E-state index contributed by atoms with van der Waals surface area (Å²) >= 11 is 7.02. The van der Waals surface area contributed by atoms with Crippen LogP contribution in [0.2, 0.25) is 5.02 Å². The van der Waals surface area contributed by atoms with E-state index in [1.807, 2.05) is 53.6 Å². The highest BCUT2D eigenvalue weighted by molar-refractivity contribution is 6.36. The number of nitrogens with one attached hydrogen (secondary N) is 2. The van der Waals surface area contributed by atoms with Crippen LogP contribution in [0.25, 0.3) is 11.1 Å². The zero-order chi connectivity index (χ0) is 33.4. The molecule has 0 spiro atoms. The number of benzene rings is 2. The summed E-state index contributed by atoms with van der Waals surface area (Å²) in [7, 11) is 5.82. The second-order valence-corrected chi connectivity index (χ2v) is 13.1. The number of hydrogen-bond donors (Lipinski definition) is 3. The quantitative estimate of drug-likeness (QED) is 0.239. The topological polar surface area (TPSA) is 121 Å². The minimum absolute atomic E-state index is 0.252. The molecule has 1 atom stereocenters. The van der Waals surface area contributed by atoms with Crippen molar-refractivity contribution in [3.8, 4) is 11.1 Å². The average Bonchev–Trinajstić information content (AvgIpc) is 3.54. The Bertz CT molecular complexity index is 1830. The molecule has 2 aromatic heterocycles. The number of carbonyl (C=O) groups is 2.